The van der Waals surface area contributed by atoms with Gasteiger partial charge in [0.1, 0.15) is 5.82 Å². The van der Waals surface area contributed by atoms with Crippen LogP contribution in [-0.2, 0) is 7.05 Å². The van der Waals surface area contributed by atoms with E-state index in [0.717, 1.165) is 27.8 Å². The Morgan fingerprint density at radius 3 is 2.88 bits per heavy atom. The number of hydrogen-bond donors (Lipinski definition) is 1. The molecule has 0 atom stereocenters. The molecule has 0 aliphatic heterocycles. The van der Waals surface area contributed by atoms with Crippen LogP contribution < -0.4 is 5.73 Å². The van der Waals surface area contributed by atoms with Crippen molar-refractivity contribution in [1.82, 2.24) is 14.9 Å². The van der Waals surface area contributed by atoms with Crippen molar-refractivity contribution in [3.05, 3.63) is 30.1 Å². The number of nitrogens with two attached hydrogens (primary N) is 1. The van der Waals surface area contributed by atoms with Gasteiger partial charge in [0.15, 0.2) is 5.58 Å². The summed E-state index contributed by atoms with van der Waals surface area (Å²) >= 11 is 0. The predicted molar refractivity (Wildman–Crippen MR) is 65.4 cm³/mol. The Hall–Kier alpha value is -2.30. The van der Waals surface area contributed by atoms with Gasteiger partial charge in [-0.3, -0.25) is 4.68 Å². The van der Waals surface area contributed by atoms with Crippen molar-refractivity contribution in [3.8, 4) is 11.1 Å². The number of benzene rings is 1. The van der Waals surface area contributed by atoms with Crippen molar-refractivity contribution in [3.63, 3.8) is 0 Å². The second-order valence-corrected chi connectivity index (χ2v) is 4.05. The Balaban J connectivity index is 2.24. The summed E-state index contributed by atoms with van der Waals surface area (Å²) < 4.78 is 6.83. The lowest BCUT2D eigenvalue weighted by atomic mass is 10.1. The van der Waals surface area contributed by atoms with E-state index in [0.29, 0.717) is 5.82 Å². The molecule has 0 aliphatic carbocycles. The number of aryl methyl sites for hydroxylation is 2. The van der Waals surface area contributed by atoms with Gasteiger partial charge in [0.2, 0.25) is 0 Å². The zero-order chi connectivity index (χ0) is 12.0. The summed E-state index contributed by atoms with van der Waals surface area (Å²) in [4.78, 5) is 0. The van der Waals surface area contributed by atoms with E-state index in [9.17, 15) is 0 Å². The van der Waals surface area contributed by atoms with Crippen LogP contribution in [0.3, 0.4) is 0 Å². The van der Waals surface area contributed by atoms with Crippen molar-refractivity contribution < 1.29 is 4.52 Å². The number of anilines is 1. The Bertz CT molecular complexity index is 696. The molecule has 0 bridgehead atoms. The molecule has 5 nitrogen and oxygen atoms in total. The molecule has 2 aromatic heterocycles. The fourth-order valence-electron chi connectivity index (χ4n) is 1.90. The van der Waals surface area contributed by atoms with Gasteiger partial charge in [-0.05, 0) is 24.6 Å². The van der Waals surface area contributed by atoms with Crippen LogP contribution in [0.25, 0.3) is 22.1 Å². The average Bonchev–Trinajstić information content (AvgIpc) is 2.85. The fraction of sp³-hybridized carbons (Fsp3) is 0.167. The van der Waals surface area contributed by atoms with E-state index < -0.39 is 0 Å². The van der Waals surface area contributed by atoms with Gasteiger partial charge in [-0.25, -0.2) is 0 Å². The minimum Gasteiger partial charge on any atom is -0.383 e. The summed E-state index contributed by atoms with van der Waals surface area (Å²) in [7, 11) is 1.82. The molecule has 0 amide bonds. The van der Waals surface area contributed by atoms with Gasteiger partial charge in [0.25, 0.3) is 0 Å². The zero-order valence-corrected chi connectivity index (χ0v) is 9.64. The van der Waals surface area contributed by atoms with Crippen LogP contribution in [0.1, 0.15) is 5.69 Å². The second kappa shape index (κ2) is 3.35. The minimum atomic E-state index is 0.651. The third-order valence-electron chi connectivity index (χ3n) is 2.95. The van der Waals surface area contributed by atoms with Crippen LogP contribution in [0, 0.1) is 6.92 Å². The van der Waals surface area contributed by atoms with Crippen molar-refractivity contribution >= 4 is 16.8 Å². The van der Waals surface area contributed by atoms with Crippen LogP contribution in [0.15, 0.2) is 28.9 Å². The molecular formula is C12H12N4O. The monoisotopic (exact) mass is 228 g/mol. The summed E-state index contributed by atoms with van der Waals surface area (Å²) in [6.45, 7) is 1.92. The lowest BCUT2D eigenvalue weighted by Crippen LogP contribution is -1.97. The lowest BCUT2D eigenvalue weighted by molar-refractivity contribution is 0.450. The van der Waals surface area contributed by atoms with E-state index in [1.807, 2.05) is 32.2 Å². The van der Waals surface area contributed by atoms with E-state index in [1.165, 1.54) is 0 Å². The highest BCUT2D eigenvalue weighted by Crippen LogP contribution is 2.29. The molecule has 3 aromatic rings. The number of nitrogen functional groups attached to an aromatic ring is 1. The first-order valence-electron chi connectivity index (χ1n) is 5.30. The topological polar surface area (TPSA) is 69.9 Å². The highest BCUT2D eigenvalue weighted by Gasteiger charge is 2.10. The smallest absolute Gasteiger partial charge is 0.167 e. The van der Waals surface area contributed by atoms with Gasteiger partial charge in [0, 0.05) is 18.0 Å². The molecule has 0 spiro atoms. The summed E-state index contributed by atoms with van der Waals surface area (Å²) in [5, 5.41) is 9.07. The molecule has 0 aliphatic rings. The zero-order valence-electron chi connectivity index (χ0n) is 9.64. The van der Waals surface area contributed by atoms with E-state index in [1.54, 1.807) is 10.9 Å². The molecule has 1 aromatic carbocycles. The van der Waals surface area contributed by atoms with Crippen LogP contribution >= 0.6 is 0 Å². The molecule has 2 heterocycles. The average molecular weight is 228 g/mol. The Morgan fingerprint density at radius 2 is 2.18 bits per heavy atom. The van der Waals surface area contributed by atoms with Crippen LogP contribution in [0.4, 0.5) is 5.82 Å². The molecule has 0 unspecified atom stereocenters. The van der Waals surface area contributed by atoms with E-state index in [4.69, 9.17) is 10.3 Å². The number of aromatic nitrogens is 3. The normalized spacial score (nSPS) is 11.2. The van der Waals surface area contributed by atoms with E-state index in [2.05, 4.69) is 10.3 Å². The summed E-state index contributed by atoms with van der Waals surface area (Å²) in [5.74, 6) is 0.651. The number of fused-ring (bicyclic) bond motifs is 1. The maximum atomic E-state index is 5.95. The van der Waals surface area contributed by atoms with Gasteiger partial charge >= 0.3 is 0 Å². The first-order chi connectivity index (χ1) is 8.16. The first-order valence-corrected chi connectivity index (χ1v) is 5.30. The highest BCUT2D eigenvalue weighted by molar-refractivity contribution is 5.87. The molecule has 3 rings (SSSR count). The molecule has 0 radical (unpaired) electrons. The third-order valence-corrected chi connectivity index (χ3v) is 2.95. The lowest BCUT2D eigenvalue weighted by Gasteiger charge is -2.00. The Labute approximate surface area is 97.8 Å². The quantitative estimate of drug-likeness (QED) is 0.692. The molecule has 0 saturated heterocycles. The standard InChI is InChI=1S/C12H12N4O/c1-7-9-5-8(3-4-11(9)17-15-7)10-6-14-16(2)12(10)13/h3-6H,13H2,1-2H3. The van der Waals surface area contributed by atoms with Gasteiger partial charge in [-0.15, -0.1) is 0 Å². The molecule has 17 heavy (non-hydrogen) atoms. The molecule has 0 saturated carbocycles. The van der Waals surface area contributed by atoms with Crippen LogP contribution in [0.2, 0.25) is 0 Å². The van der Waals surface area contributed by atoms with Crippen LogP contribution in [-0.4, -0.2) is 14.9 Å². The predicted octanol–water partition coefficient (Wildman–Crippen LogP) is 2.12. The van der Waals surface area contributed by atoms with Gasteiger partial charge < -0.3 is 10.3 Å². The highest BCUT2D eigenvalue weighted by atomic mass is 16.5. The number of nitrogens with zero attached hydrogens (tertiary/aromatic N) is 3. The molecule has 86 valence electrons. The molecule has 2 N–H and O–H groups in total. The fourth-order valence-corrected chi connectivity index (χ4v) is 1.90. The third kappa shape index (κ3) is 1.39. The van der Waals surface area contributed by atoms with Crippen LogP contribution in [0.5, 0.6) is 0 Å². The largest absolute Gasteiger partial charge is 0.383 e. The summed E-state index contributed by atoms with van der Waals surface area (Å²) in [5.41, 5.74) is 9.57. The Morgan fingerprint density at radius 1 is 1.35 bits per heavy atom. The van der Waals surface area contributed by atoms with Crippen molar-refractivity contribution in [1.29, 1.82) is 0 Å². The maximum Gasteiger partial charge on any atom is 0.167 e. The van der Waals surface area contributed by atoms with E-state index in [-0.39, 0.29) is 0 Å². The molecular weight excluding hydrogens is 216 g/mol. The van der Waals surface area contributed by atoms with Gasteiger partial charge in [-0.2, -0.15) is 5.10 Å². The minimum absolute atomic E-state index is 0.651. The first kappa shape index (κ1) is 9.89. The van der Waals surface area contributed by atoms with Gasteiger partial charge in [-0.1, -0.05) is 11.2 Å². The van der Waals surface area contributed by atoms with E-state index >= 15 is 0 Å². The Kier molecular flexibility index (Phi) is 1.95. The van der Waals surface area contributed by atoms with Crippen molar-refractivity contribution in [2.45, 2.75) is 6.92 Å². The van der Waals surface area contributed by atoms with Gasteiger partial charge in [0.05, 0.1) is 11.9 Å². The SMILES string of the molecule is Cc1noc2ccc(-c3cnn(C)c3N)cc12. The second-order valence-electron chi connectivity index (χ2n) is 4.05. The number of hydrogen-bond acceptors (Lipinski definition) is 4. The summed E-state index contributed by atoms with van der Waals surface area (Å²) in [6, 6.07) is 5.88. The van der Waals surface area contributed by atoms with Crippen molar-refractivity contribution in [2.24, 2.45) is 7.05 Å². The number of rotatable bonds is 1. The maximum absolute atomic E-state index is 5.95. The summed E-state index contributed by atoms with van der Waals surface area (Å²) in [6.07, 6.45) is 1.76. The molecule has 0 fully saturated rings. The van der Waals surface area contributed by atoms with Crippen molar-refractivity contribution in [2.75, 3.05) is 5.73 Å². The molecule has 5 heteroatoms.